The first-order valence-corrected chi connectivity index (χ1v) is 10.3. The Bertz CT molecular complexity index is 718. The third kappa shape index (κ3) is 6.30. The van der Waals surface area contributed by atoms with Crippen molar-refractivity contribution in [1.29, 1.82) is 0 Å². The molecule has 2 bridgehead atoms. The lowest BCUT2D eigenvalue weighted by molar-refractivity contribution is -0.137. The number of carboxylic acids is 1. The minimum Gasteiger partial charge on any atom is -0.508 e. The lowest BCUT2D eigenvalue weighted by atomic mass is 9.77. The maximum Gasteiger partial charge on any atom is 0.303 e. The largest absolute Gasteiger partial charge is 0.508 e. The first kappa shape index (κ1) is 21.3. The van der Waals surface area contributed by atoms with Crippen LogP contribution in [0.15, 0.2) is 36.4 Å². The number of fused-ring (bicyclic) bond motifs is 2. The molecule has 2 aliphatic rings. The van der Waals surface area contributed by atoms with Gasteiger partial charge in [0.2, 0.25) is 5.91 Å². The minimum atomic E-state index is -0.750. The van der Waals surface area contributed by atoms with E-state index in [-0.39, 0.29) is 30.7 Å². The predicted octanol–water partition coefficient (Wildman–Crippen LogP) is 2.92. The number of phenols is 1. The molecule has 2 fully saturated rings. The van der Waals surface area contributed by atoms with E-state index in [1.807, 2.05) is 0 Å². The van der Waals surface area contributed by atoms with Crippen LogP contribution >= 0.6 is 0 Å². The average Bonchev–Trinajstić information content (AvgIpc) is 3.28. The van der Waals surface area contributed by atoms with Gasteiger partial charge in [0.1, 0.15) is 5.75 Å². The topological polar surface area (TPSA) is 108 Å². The lowest BCUT2D eigenvalue weighted by Gasteiger charge is -2.27. The molecule has 1 aromatic carbocycles. The third-order valence-corrected chi connectivity index (χ3v) is 5.74. The van der Waals surface area contributed by atoms with Gasteiger partial charge in [-0.15, -0.1) is 0 Å². The number of ether oxygens (including phenoxy) is 1. The Balaban J connectivity index is 1.40. The van der Waals surface area contributed by atoms with E-state index in [0.717, 1.165) is 32.2 Å². The molecule has 2 aliphatic heterocycles. The van der Waals surface area contributed by atoms with Crippen molar-refractivity contribution in [2.75, 3.05) is 18.4 Å². The van der Waals surface area contributed by atoms with Crippen molar-refractivity contribution in [2.45, 2.75) is 50.7 Å². The molecule has 4 N–H and O–H groups in total. The van der Waals surface area contributed by atoms with Gasteiger partial charge in [-0.2, -0.15) is 0 Å². The van der Waals surface area contributed by atoms with E-state index in [0.29, 0.717) is 30.0 Å². The van der Waals surface area contributed by atoms with Crippen molar-refractivity contribution in [3.05, 3.63) is 36.4 Å². The quantitative estimate of drug-likeness (QED) is 0.258. The second kappa shape index (κ2) is 10.4. The van der Waals surface area contributed by atoms with E-state index >= 15 is 0 Å². The highest BCUT2D eigenvalue weighted by molar-refractivity contribution is 5.92. The number of unbranched alkanes of at least 4 members (excludes halogenated alkanes) is 1. The molecule has 158 valence electrons. The Morgan fingerprint density at radius 1 is 1.10 bits per heavy atom. The van der Waals surface area contributed by atoms with Crippen molar-refractivity contribution >= 4 is 17.6 Å². The van der Waals surface area contributed by atoms with Crippen LogP contribution < -0.4 is 10.6 Å². The Hall–Kier alpha value is -2.38. The number of nitrogens with one attached hydrogen (secondary N) is 2. The van der Waals surface area contributed by atoms with Crippen LogP contribution in [0, 0.1) is 11.8 Å². The Morgan fingerprint density at radius 3 is 2.55 bits per heavy atom. The number of phenolic OH excluding ortho intramolecular Hbond substituents is 1. The highest BCUT2D eigenvalue weighted by Gasteiger charge is 2.47. The zero-order valence-corrected chi connectivity index (χ0v) is 16.5. The molecular formula is C22H30N2O5. The fourth-order valence-electron chi connectivity index (χ4n) is 4.32. The summed E-state index contributed by atoms with van der Waals surface area (Å²) in [4.78, 5) is 22.7. The standard InChI is InChI=1S/C22H30N2O5/c25-16-9-7-15(8-10-16)24-21(26)14-23-13-18-17(19-11-12-20(18)29-19)5-3-1-2-4-6-22(27)28/h1,3,7-10,17-20,23,25H,2,4-6,11-14H2,(H,24,26)(H,27,28)/b3-1-/t17-,18+,19-,20+/m1/s1. The summed E-state index contributed by atoms with van der Waals surface area (Å²) in [6.45, 7) is 0.966. The van der Waals surface area contributed by atoms with E-state index in [1.54, 1.807) is 12.1 Å². The summed E-state index contributed by atoms with van der Waals surface area (Å²) >= 11 is 0. The molecule has 4 atom stereocenters. The summed E-state index contributed by atoms with van der Waals surface area (Å²) in [5, 5.41) is 24.0. The first-order chi connectivity index (χ1) is 14.0. The molecule has 0 aromatic heterocycles. The number of rotatable bonds is 11. The van der Waals surface area contributed by atoms with Crippen LogP contribution in [0.2, 0.25) is 0 Å². The molecular weight excluding hydrogens is 372 g/mol. The maximum absolute atomic E-state index is 12.1. The number of anilines is 1. The van der Waals surface area contributed by atoms with Gasteiger partial charge in [-0.05, 0) is 62.3 Å². The summed E-state index contributed by atoms with van der Waals surface area (Å²) in [5.41, 5.74) is 0.656. The molecule has 0 spiro atoms. The summed E-state index contributed by atoms with van der Waals surface area (Å²) in [6.07, 6.45) is 9.55. The van der Waals surface area contributed by atoms with Crippen molar-refractivity contribution in [3.8, 4) is 5.75 Å². The van der Waals surface area contributed by atoms with Crippen LogP contribution in [0.1, 0.15) is 38.5 Å². The van der Waals surface area contributed by atoms with E-state index < -0.39 is 5.97 Å². The normalized spacial score (nSPS) is 25.5. The van der Waals surface area contributed by atoms with Crippen molar-refractivity contribution in [1.82, 2.24) is 5.32 Å². The van der Waals surface area contributed by atoms with Gasteiger partial charge in [0, 0.05) is 24.6 Å². The number of hydrogen-bond donors (Lipinski definition) is 4. The summed E-state index contributed by atoms with van der Waals surface area (Å²) < 4.78 is 6.10. The van der Waals surface area contributed by atoms with E-state index in [4.69, 9.17) is 9.84 Å². The van der Waals surface area contributed by atoms with E-state index in [1.165, 1.54) is 12.1 Å². The first-order valence-electron chi connectivity index (χ1n) is 10.3. The fourth-order valence-corrected chi connectivity index (χ4v) is 4.32. The Kier molecular flexibility index (Phi) is 7.66. The average molecular weight is 402 g/mol. The summed E-state index contributed by atoms with van der Waals surface area (Å²) in [5.74, 6) is 0.130. The van der Waals surface area contributed by atoms with Gasteiger partial charge in [-0.3, -0.25) is 9.59 Å². The number of carbonyl (C=O) groups is 2. The lowest BCUT2D eigenvalue weighted by Crippen LogP contribution is -2.38. The number of allylic oxidation sites excluding steroid dienone is 2. The molecule has 2 heterocycles. The van der Waals surface area contributed by atoms with Gasteiger partial charge < -0.3 is 25.6 Å². The second-order valence-corrected chi connectivity index (χ2v) is 7.84. The summed E-state index contributed by atoms with van der Waals surface area (Å²) in [7, 11) is 0. The van der Waals surface area contributed by atoms with Crippen LogP contribution in [0.5, 0.6) is 5.75 Å². The zero-order chi connectivity index (χ0) is 20.6. The van der Waals surface area contributed by atoms with Gasteiger partial charge in [0.25, 0.3) is 0 Å². The van der Waals surface area contributed by atoms with E-state index in [9.17, 15) is 14.7 Å². The maximum atomic E-state index is 12.1. The number of carboxylic acid groups (broad SMARTS) is 1. The summed E-state index contributed by atoms with van der Waals surface area (Å²) in [6, 6.07) is 6.40. The molecule has 0 saturated carbocycles. The van der Waals surface area contributed by atoms with Crippen LogP contribution in [0.25, 0.3) is 0 Å². The Morgan fingerprint density at radius 2 is 1.83 bits per heavy atom. The molecule has 7 nitrogen and oxygen atoms in total. The monoisotopic (exact) mass is 402 g/mol. The van der Waals surface area contributed by atoms with Gasteiger partial charge in [-0.1, -0.05) is 12.2 Å². The number of carbonyl (C=O) groups excluding carboxylic acids is 1. The highest BCUT2D eigenvalue weighted by Crippen LogP contribution is 2.44. The molecule has 0 radical (unpaired) electrons. The van der Waals surface area contributed by atoms with Crippen LogP contribution in [0.4, 0.5) is 5.69 Å². The smallest absolute Gasteiger partial charge is 0.303 e. The molecule has 3 rings (SSSR count). The number of aliphatic carboxylic acids is 1. The fraction of sp³-hybridized carbons (Fsp3) is 0.545. The van der Waals surface area contributed by atoms with Crippen LogP contribution in [0.3, 0.4) is 0 Å². The molecule has 29 heavy (non-hydrogen) atoms. The SMILES string of the molecule is O=C(O)CCC/C=C\C[C@@H]1[C@H](CNCC(=O)Nc2ccc(O)cc2)[C@@H]2CC[C@H]1O2. The van der Waals surface area contributed by atoms with Crippen molar-refractivity contribution in [3.63, 3.8) is 0 Å². The van der Waals surface area contributed by atoms with Crippen LogP contribution in [-0.4, -0.2) is 47.4 Å². The van der Waals surface area contributed by atoms with Gasteiger partial charge in [0.05, 0.1) is 18.8 Å². The van der Waals surface area contributed by atoms with Crippen LogP contribution in [-0.2, 0) is 14.3 Å². The molecule has 0 unspecified atom stereocenters. The highest BCUT2D eigenvalue weighted by atomic mass is 16.5. The van der Waals surface area contributed by atoms with Crippen molar-refractivity contribution in [2.24, 2.45) is 11.8 Å². The van der Waals surface area contributed by atoms with Crippen molar-refractivity contribution < 1.29 is 24.5 Å². The zero-order valence-electron chi connectivity index (χ0n) is 16.5. The van der Waals surface area contributed by atoms with Gasteiger partial charge in [0.15, 0.2) is 0 Å². The second-order valence-electron chi connectivity index (χ2n) is 7.84. The number of amides is 1. The minimum absolute atomic E-state index is 0.116. The number of benzene rings is 1. The van der Waals surface area contributed by atoms with Gasteiger partial charge >= 0.3 is 5.97 Å². The number of hydrogen-bond acceptors (Lipinski definition) is 5. The molecule has 2 saturated heterocycles. The number of aromatic hydroxyl groups is 1. The third-order valence-electron chi connectivity index (χ3n) is 5.74. The molecule has 0 aliphatic carbocycles. The van der Waals surface area contributed by atoms with Gasteiger partial charge in [-0.25, -0.2) is 0 Å². The predicted molar refractivity (Wildman–Crippen MR) is 110 cm³/mol. The van der Waals surface area contributed by atoms with E-state index in [2.05, 4.69) is 22.8 Å². The molecule has 1 aromatic rings. The molecule has 1 amide bonds. The molecule has 7 heteroatoms. The Labute approximate surface area is 171 Å².